The van der Waals surface area contributed by atoms with Crippen LogP contribution in [0.15, 0.2) is 37.6 Å². The van der Waals surface area contributed by atoms with Crippen LogP contribution in [0.4, 0.5) is 0 Å². The predicted molar refractivity (Wildman–Crippen MR) is 69.8 cm³/mol. The summed E-state index contributed by atoms with van der Waals surface area (Å²) in [6.45, 7) is 16.0. The average molecular weight is 207 g/mol. The van der Waals surface area contributed by atoms with E-state index in [-0.39, 0.29) is 5.54 Å². The number of rotatable bonds is 8. The van der Waals surface area contributed by atoms with Crippen molar-refractivity contribution in [1.82, 2.24) is 4.90 Å². The Morgan fingerprint density at radius 3 is 2.33 bits per heavy atom. The quantitative estimate of drug-likeness (QED) is 0.541. The summed E-state index contributed by atoms with van der Waals surface area (Å²) in [5.74, 6) is 0. The Kier molecular flexibility index (Phi) is 6.07. The maximum absolute atomic E-state index is 3.96. The SMILES string of the molecule is C=CC(=C)CCC(C)(CCC)N(C)C=C. The lowest BCUT2D eigenvalue weighted by molar-refractivity contribution is 0.171. The molecule has 0 aliphatic heterocycles. The zero-order valence-corrected chi connectivity index (χ0v) is 10.6. The van der Waals surface area contributed by atoms with E-state index in [9.17, 15) is 0 Å². The molecule has 0 spiro atoms. The van der Waals surface area contributed by atoms with Crippen LogP contribution in [-0.2, 0) is 0 Å². The second-order valence-corrected chi connectivity index (χ2v) is 4.40. The minimum absolute atomic E-state index is 0.197. The highest BCUT2D eigenvalue weighted by molar-refractivity contribution is 5.11. The van der Waals surface area contributed by atoms with Gasteiger partial charge in [-0.3, -0.25) is 0 Å². The van der Waals surface area contributed by atoms with Crippen molar-refractivity contribution in [3.05, 3.63) is 37.6 Å². The molecule has 0 aliphatic carbocycles. The molecule has 1 nitrogen and oxygen atoms in total. The van der Waals surface area contributed by atoms with E-state index in [2.05, 4.69) is 45.5 Å². The summed E-state index contributed by atoms with van der Waals surface area (Å²) in [7, 11) is 2.10. The minimum atomic E-state index is 0.197. The number of hydrogen-bond donors (Lipinski definition) is 0. The van der Waals surface area contributed by atoms with Gasteiger partial charge in [-0.2, -0.15) is 0 Å². The van der Waals surface area contributed by atoms with Crippen molar-refractivity contribution in [2.75, 3.05) is 7.05 Å². The number of hydrogen-bond acceptors (Lipinski definition) is 1. The highest BCUT2D eigenvalue weighted by atomic mass is 15.1. The molecule has 0 rings (SSSR count). The first-order valence-corrected chi connectivity index (χ1v) is 5.66. The van der Waals surface area contributed by atoms with Crippen LogP contribution in [-0.4, -0.2) is 17.5 Å². The van der Waals surface area contributed by atoms with E-state index in [1.165, 1.54) is 12.8 Å². The van der Waals surface area contributed by atoms with Crippen LogP contribution < -0.4 is 0 Å². The van der Waals surface area contributed by atoms with Crippen molar-refractivity contribution in [2.24, 2.45) is 0 Å². The van der Waals surface area contributed by atoms with Gasteiger partial charge in [-0.15, -0.1) is 0 Å². The second-order valence-electron chi connectivity index (χ2n) is 4.40. The Morgan fingerprint density at radius 2 is 1.93 bits per heavy atom. The van der Waals surface area contributed by atoms with Gasteiger partial charge in [-0.05, 0) is 32.4 Å². The smallest absolute Gasteiger partial charge is 0.0368 e. The van der Waals surface area contributed by atoms with Crippen LogP contribution in [0.5, 0.6) is 0 Å². The van der Waals surface area contributed by atoms with E-state index >= 15 is 0 Å². The normalized spacial score (nSPS) is 14.1. The number of nitrogens with zero attached hydrogens (tertiary/aromatic N) is 1. The van der Waals surface area contributed by atoms with Gasteiger partial charge in [0.15, 0.2) is 0 Å². The van der Waals surface area contributed by atoms with E-state index < -0.39 is 0 Å². The average Bonchev–Trinajstić information content (AvgIpc) is 2.25. The predicted octanol–water partition coefficient (Wildman–Crippen LogP) is 4.14. The molecule has 0 amide bonds. The molecule has 0 saturated heterocycles. The first kappa shape index (κ1) is 14.0. The van der Waals surface area contributed by atoms with Gasteiger partial charge >= 0.3 is 0 Å². The zero-order valence-electron chi connectivity index (χ0n) is 10.6. The van der Waals surface area contributed by atoms with Crippen LogP contribution in [0.2, 0.25) is 0 Å². The Morgan fingerprint density at radius 1 is 1.33 bits per heavy atom. The molecule has 0 saturated carbocycles. The molecular formula is C14H25N. The lowest BCUT2D eigenvalue weighted by Crippen LogP contribution is -2.40. The Balaban J connectivity index is 4.43. The molecule has 0 bridgehead atoms. The largest absolute Gasteiger partial charge is 0.376 e. The molecule has 1 heteroatoms. The fourth-order valence-corrected chi connectivity index (χ4v) is 1.77. The van der Waals surface area contributed by atoms with E-state index in [0.717, 1.165) is 18.4 Å². The Hall–Kier alpha value is -0.980. The van der Waals surface area contributed by atoms with Crippen molar-refractivity contribution in [2.45, 2.75) is 45.1 Å². The third-order valence-electron chi connectivity index (χ3n) is 3.19. The monoisotopic (exact) mass is 207 g/mol. The summed E-state index contributed by atoms with van der Waals surface area (Å²) < 4.78 is 0. The maximum atomic E-state index is 3.96. The molecule has 0 N–H and O–H groups in total. The van der Waals surface area contributed by atoms with Gasteiger partial charge in [0, 0.05) is 12.6 Å². The lowest BCUT2D eigenvalue weighted by atomic mass is 9.88. The zero-order chi connectivity index (χ0) is 11.9. The highest BCUT2D eigenvalue weighted by Crippen LogP contribution is 2.27. The Bertz CT molecular complexity index is 229. The summed E-state index contributed by atoms with van der Waals surface area (Å²) in [4.78, 5) is 2.22. The van der Waals surface area contributed by atoms with Crippen LogP contribution in [0.3, 0.4) is 0 Å². The maximum Gasteiger partial charge on any atom is 0.0368 e. The first-order chi connectivity index (χ1) is 7.00. The molecule has 0 aliphatic rings. The molecule has 0 aromatic carbocycles. The van der Waals surface area contributed by atoms with Crippen LogP contribution in [0.25, 0.3) is 0 Å². The standard InChI is InChI=1S/C14H25N/c1-7-11-14(5,15(6)9-3)12-10-13(4)8-2/h8-9H,2-4,7,10-12H2,1,5-6H3. The minimum Gasteiger partial charge on any atom is -0.376 e. The fraction of sp³-hybridized carbons (Fsp3) is 0.571. The van der Waals surface area contributed by atoms with Crippen molar-refractivity contribution in [3.63, 3.8) is 0 Å². The van der Waals surface area contributed by atoms with Gasteiger partial charge < -0.3 is 4.90 Å². The summed E-state index contributed by atoms with van der Waals surface area (Å²) in [5.41, 5.74) is 1.32. The molecule has 1 atom stereocenters. The molecule has 0 aromatic rings. The molecule has 0 fully saturated rings. The van der Waals surface area contributed by atoms with Crippen molar-refractivity contribution < 1.29 is 0 Å². The number of allylic oxidation sites excluding steroid dienone is 2. The van der Waals surface area contributed by atoms with Crippen molar-refractivity contribution >= 4 is 0 Å². The van der Waals surface area contributed by atoms with E-state index in [1.54, 1.807) is 0 Å². The molecule has 15 heavy (non-hydrogen) atoms. The first-order valence-electron chi connectivity index (χ1n) is 5.66. The lowest BCUT2D eigenvalue weighted by Gasteiger charge is -2.38. The van der Waals surface area contributed by atoms with E-state index in [4.69, 9.17) is 0 Å². The molecular weight excluding hydrogens is 182 g/mol. The van der Waals surface area contributed by atoms with Crippen LogP contribution in [0.1, 0.15) is 39.5 Å². The van der Waals surface area contributed by atoms with Gasteiger partial charge in [-0.1, -0.05) is 44.7 Å². The third-order valence-corrected chi connectivity index (χ3v) is 3.19. The molecule has 86 valence electrons. The summed E-state index contributed by atoms with van der Waals surface area (Å²) in [5, 5.41) is 0. The molecule has 0 radical (unpaired) electrons. The second kappa shape index (κ2) is 6.49. The fourth-order valence-electron chi connectivity index (χ4n) is 1.77. The van der Waals surface area contributed by atoms with Gasteiger partial charge in [-0.25, -0.2) is 0 Å². The van der Waals surface area contributed by atoms with E-state index in [0.29, 0.717) is 0 Å². The summed E-state index contributed by atoms with van der Waals surface area (Å²) in [6.07, 6.45) is 8.24. The van der Waals surface area contributed by atoms with Gasteiger partial charge in [0.25, 0.3) is 0 Å². The van der Waals surface area contributed by atoms with Crippen molar-refractivity contribution in [3.8, 4) is 0 Å². The third kappa shape index (κ3) is 4.37. The van der Waals surface area contributed by atoms with Crippen molar-refractivity contribution in [1.29, 1.82) is 0 Å². The Labute approximate surface area is 95.2 Å². The van der Waals surface area contributed by atoms with E-state index in [1.807, 2.05) is 12.3 Å². The van der Waals surface area contributed by atoms with Crippen LogP contribution in [0, 0.1) is 0 Å². The highest BCUT2D eigenvalue weighted by Gasteiger charge is 2.25. The summed E-state index contributed by atoms with van der Waals surface area (Å²) in [6, 6.07) is 0. The van der Waals surface area contributed by atoms with Crippen LogP contribution >= 0.6 is 0 Å². The molecule has 0 heterocycles. The van der Waals surface area contributed by atoms with Gasteiger partial charge in [0.1, 0.15) is 0 Å². The van der Waals surface area contributed by atoms with Gasteiger partial charge in [0.05, 0.1) is 0 Å². The summed E-state index contributed by atoms with van der Waals surface area (Å²) >= 11 is 0. The molecule has 0 aromatic heterocycles. The topological polar surface area (TPSA) is 3.24 Å². The molecule has 1 unspecified atom stereocenters. The van der Waals surface area contributed by atoms with Gasteiger partial charge in [0.2, 0.25) is 0 Å².